The lowest BCUT2D eigenvalue weighted by atomic mass is 10.1. The second kappa shape index (κ2) is 9.73. The van der Waals surface area contributed by atoms with Crippen molar-refractivity contribution >= 4 is 35.8 Å². The van der Waals surface area contributed by atoms with Crippen LogP contribution in [0, 0.1) is 13.8 Å². The largest absolute Gasteiger partial charge is 0.356 e. The van der Waals surface area contributed by atoms with Gasteiger partial charge in [0.2, 0.25) is 0 Å². The molecule has 0 radical (unpaired) electrons. The number of aromatic nitrogens is 4. The summed E-state index contributed by atoms with van der Waals surface area (Å²) in [6, 6.07) is 7.21. The molecule has 0 bridgehead atoms. The molecule has 0 aromatic carbocycles. The van der Waals surface area contributed by atoms with E-state index in [4.69, 9.17) is 4.99 Å². The number of guanidine groups is 1. The van der Waals surface area contributed by atoms with Crippen molar-refractivity contribution in [3.63, 3.8) is 0 Å². The second-order valence-corrected chi connectivity index (χ2v) is 7.85. The number of hydrogen-bond acceptors (Lipinski definition) is 5. The summed E-state index contributed by atoms with van der Waals surface area (Å²) in [5.74, 6) is 3.78. The Morgan fingerprint density at radius 3 is 2.34 bits per heavy atom. The zero-order valence-corrected chi connectivity index (χ0v) is 19.8. The highest BCUT2D eigenvalue weighted by molar-refractivity contribution is 14.0. The average Bonchev–Trinajstić information content (AvgIpc) is 3.46. The van der Waals surface area contributed by atoms with Gasteiger partial charge in [-0.15, -0.1) is 34.2 Å². The quantitative estimate of drug-likeness (QED) is 0.365. The van der Waals surface area contributed by atoms with Crippen LogP contribution in [-0.2, 0) is 13.6 Å². The van der Waals surface area contributed by atoms with Crippen LogP contribution in [0.15, 0.2) is 23.2 Å². The van der Waals surface area contributed by atoms with Gasteiger partial charge in [0.1, 0.15) is 18.2 Å². The zero-order valence-electron chi connectivity index (χ0n) is 17.4. The van der Waals surface area contributed by atoms with E-state index in [1.807, 2.05) is 31.5 Å². The Kier molecular flexibility index (Phi) is 7.31. The minimum Gasteiger partial charge on any atom is -0.356 e. The van der Waals surface area contributed by atoms with Gasteiger partial charge in [-0.1, -0.05) is 6.07 Å². The van der Waals surface area contributed by atoms with Crippen molar-refractivity contribution in [3.8, 4) is 0 Å². The van der Waals surface area contributed by atoms with Gasteiger partial charge in [0, 0.05) is 37.9 Å². The van der Waals surface area contributed by atoms with Gasteiger partial charge in [0.15, 0.2) is 11.8 Å². The molecule has 0 atom stereocenters. The van der Waals surface area contributed by atoms with Crippen molar-refractivity contribution in [1.29, 1.82) is 0 Å². The molecule has 1 aliphatic carbocycles. The average molecular weight is 510 g/mol. The maximum Gasteiger partial charge on any atom is 0.192 e. The Hall–Kier alpha value is -1.91. The number of rotatable bonds is 5. The molecule has 1 aliphatic heterocycles. The third-order valence-corrected chi connectivity index (χ3v) is 5.51. The molecule has 29 heavy (non-hydrogen) atoms. The number of hydrogen-bond donors (Lipinski definition) is 2. The van der Waals surface area contributed by atoms with Gasteiger partial charge in [-0.3, -0.25) is 0 Å². The molecule has 2 fully saturated rings. The van der Waals surface area contributed by atoms with Gasteiger partial charge >= 0.3 is 0 Å². The van der Waals surface area contributed by atoms with Crippen LogP contribution in [-0.4, -0.2) is 50.9 Å². The van der Waals surface area contributed by atoms with Crippen LogP contribution < -0.4 is 15.5 Å². The zero-order chi connectivity index (χ0) is 19.5. The van der Waals surface area contributed by atoms with E-state index in [9.17, 15) is 0 Å². The van der Waals surface area contributed by atoms with Gasteiger partial charge in [-0.2, -0.15) is 0 Å². The molecule has 9 heteroatoms. The number of halogens is 1. The third kappa shape index (κ3) is 5.80. The van der Waals surface area contributed by atoms with Crippen LogP contribution in [0.4, 0.5) is 5.82 Å². The molecule has 2 aliphatic rings. The smallest absolute Gasteiger partial charge is 0.192 e. The van der Waals surface area contributed by atoms with E-state index in [0.29, 0.717) is 18.6 Å². The summed E-state index contributed by atoms with van der Waals surface area (Å²) in [5.41, 5.74) is 1.07. The van der Waals surface area contributed by atoms with Crippen LogP contribution in [0.5, 0.6) is 0 Å². The first-order valence-corrected chi connectivity index (χ1v) is 10.2. The Morgan fingerprint density at radius 2 is 1.76 bits per heavy atom. The van der Waals surface area contributed by atoms with Crippen molar-refractivity contribution in [1.82, 2.24) is 30.4 Å². The maximum atomic E-state index is 4.78. The molecule has 0 spiro atoms. The minimum absolute atomic E-state index is 0. The number of nitrogens with one attached hydrogen (secondary N) is 2. The fraction of sp³-hybridized carbons (Fsp3) is 0.600. The van der Waals surface area contributed by atoms with E-state index in [1.165, 1.54) is 12.8 Å². The molecule has 4 rings (SSSR count). The van der Waals surface area contributed by atoms with Gasteiger partial charge in [-0.05, 0) is 51.7 Å². The second-order valence-electron chi connectivity index (χ2n) is 7.85. The third-order valence-electron chi connectivity index (χ3n) is 5.51. The molecule has 2 N–H and O–H groups in total. The van der Waals surface area contributed by atoms with Gasteiger partial charge in [0.05, 0.1) is 0 Å². The normalized spacial score (nSPS) is 17.8. The first kappa shape index (κ1) is 21.8. The Morgan fingerprint density at radius 1 is 1.07 bits per heavy atom. The van der Waals surface area contributed by atoms with Crippen molar-refractivity contribution in [3.05, 3.63) is 35.5 Å². The fourth-order valence-corrected chi connectivity index (χ4v) is 3.44. The standard InChI is InChI=1S/C20H30N8.HI/c1-14-5-4-6-18(22-14)28-11-9-17(10-12-28)24-20(23-16-7-8-16)21-13-19-26-25-15(2)27(19)3;/h4-6,16-17H,7-13H2,1-3H3,(H2,21,23,24);1H. The first-order chi connectivity index (χ1) is 13.6. The molecule has 2 aromatic rings. The predicted molar refractivity (Wildman–Crippen MR) is 126 cm³/mol. The lowest BCUT2D eigenvalue weighted by Crippen LogP contribution is -2.49. The summed E-state index contributed by atoms with van der Waals surface area (Å²) in [7, 11) is 1.98. The summed E-state index contributed by atoms with van der Waals surface area (Å²) >= 11 is 0. The Bertz CT molecular complexity index is 837. The fourth-order valence-electron chi connectivity index (χ4n) is 3.44. The van der Waals surface area contributed by atoms with E-state index in [-0.39, 0.29) is 24.0 Å². The number of pyridine rings is 1. The molecule has 0 amide bonds. The summed E-state index contributed by atoms with van der Waals surface area (Å²) in [6.45, 7) is 6.55. The number of anilines is 1. The lowest BCUT2D eigenvalue weighted by molar-refractivity contribution is 0.458. The lowest BCUT2D eigenvalue weighted by Gasteiger charge is -2.34. The molecule has 0 unspecified atom stereocenters. The van der Waals surface area contributed by atoms with Crippen molar-refractivity contribution < 1.29 is 0 Å². The van der Waals surface area contributed by atoms with Crippen molar-refractivity contribution in [2.75, 3.05) is 18.0 Å². The van der Waals surface area contributed by atoms with E-state index >= 15 is 0 Å². The topological polar surface area (TPSA) is 83.3 Å². The van der Waals surface area contributed by atoms with Crippen LogP contribution in [0.25, 0.3) is 0 Å². The van der Waals surface area contributed by atoms with Crippen molar-refractivity contribution in [2.45, 2.75) is 58.2 Å². The van der Waals surface area contributed by atoms with E-state index in [1.54, 1.807) is 0 Å². The highest BCUT2D eigenvalue weighted by atomic mass is 127. The highest BCUT2D eigenvalue weighted by Gasteiger charge is 2.25. The monoisotopic (exact) mass is 510 g/mol. The molecule has 1 saturated heterocycles. The molecule has 158 valence electrons. The number of piperidine rings is 1. The highest BCUT2D eigenvalue weighted by Crippen LogP contribution is 2.20. The van der Waals surface area contributed by atoms with Crippen LogP contribution in [0.1, 0.15) is 43.0 Å². The molecule has 8 nitrogen and oxygen atoms in total. The van der Waals surface area contributed by atoms with E-state index in [0.717, 1.165) is 55.1 Å². The van der Waals surface area contributed by atoms with Gasteiger partial charge in [0.25, 0.3) is 0 Å². The number of nitrogens with zero attached hydrogens (tertiary/aromatic N) is 6. The van der Waals surface area contributed by atoms with E-state index in [2.05, 4.69) is 42.8 Å². The summed E-state index contributed by atoms with van der Waals surface area (Å²) in [5, 5.41) is 15.5. The maximum absolute atomic E-state index is 4.78. The summed E-state index contributed by atoms with van der Waals surface area (Å²) in [6.07, 6.45) is 4.59. The minimum atomic E-state index is 0. The summed E-state index contributed by atoms with van der Waals surface area (Å²) < 4.78 is 1.99. The van der Waals surface area contributed by atoms with Crippen molar-refractivity contribution in [2.24, 2.45) is 12.0 Å². The SMILES string of the molecule is Cc1cccc(N2CCC(NC(=NCc3nnc(C)n3C)NC3CC3)CC2)n1.I. The van der Waals surface area contributed by atoms with Crippen LogP contribution in [0.3, 0.4) is 0 Å². The number of aliphatic imine (C=N–C) groups is 1. The predicted octanol–water partition coefficient (Wildman–Crippen LogP) is 2.31. The number of aryl methyl sites for hydroxylation is 2. The van der Waals surface area contributed by atoms with Crippen LogP contribution >= 0.6 is 24.0 Å². The molecule has 3 heterocycles. The Labute approximate surface area is 189 Å². The Balaban J connectivity index is 0.00000240. The molecule has 2 aromatic heterocycles. The van der Waals surface area contributed by atoms with Gasteiger partial charge < -0.3 is 20.1 Å². The van der Waals surface area contributed by atoms with Gasteiger partial charge in [-0.25, -0.2) is 9.98 Å². The van der Waals surface area contributed by atoms with Crippen LogP contribution in [0.2, 0.25) is 0 Å². The summed E-state index contributed by atoms with van der Waals surface area (Å²) in [4.78, 5) is 11.8. The first-order valence-electron chi connectivity index (χ1n) is 10.2. The molecular weight excluding hydrogens is 479 g/mol. The molecule has 1 saturated carbocycles. The van der Waals surface area contributed by atoms with E-state index < -0.39 is 0 Å². The molecular formula is C20H31IN8.